The molecular formula is C94H77N3. The Morgan fingerprint density at radius 3 is 1.00 bits per heavy atom. The molecule has 1 aromatic heterocycles. The minimum Gasteiger partial charge on any atom is -0.310 e. The van der Waals surface area contributed by atoms with E-state index in [9.17, 15) is 0 Å². The first kappa shape index (κ1) is 60.4. The lowest BCUT2D eigenvalue weighted by molar-refractivity contribution is 0.660. The highest BCUT2D eigenvalue weighted by Gasteiger charge is 2.37. The number of nitrogens with zero attached hydrogens (tertiary/aromatic N) is 3. The first-order valence-corrected chi connectivity index (χ1v) is 34.3. The topological polar surface area (TPSA) is 11.4 Å². The molecule has 0 amide bonds. The van der Waals surface area contributed by atoms with Gasteiger partial charge in [0, 0.05) is 61.4 Å². The lowest BCUT2D eigenvalue weighted by Crippen LogP contribution is -2.16. The van der Waals surface area contributed by atoms with Crippen LogP contribution in [-0.2, 0) is 23.7 Å². The van der Waals surface area contributed by atoms with E-state index in [1.807, 2.05) is 0 Å². The van der Waals surface area contributed by atoms with Crippen LogP contribution in [0.15, 0.2) is 334 Å². The summed E-state index contributed by atoms with van der Waals surface area (Å²) in [6, 6.07) is 123. The van der Waals surface area contributed by atoms with Gasteiger partial charge in [-0.3, -0.25) is 0 Å². The van der Waals surface area contributed by atoms with Crippen molar-refractivity contribution in [2.24, 2.45) is 0 Å². The van der Waals surface area contributed by atoms with Crippen LogP contribution >= 0.6 is 0 Å². The van der Waals surface area contributed by atoms with Gasteiger partial charge in [-0.1, -0.05) is 272 Å². The first-order chi connectivity index (χ1) is 47.5. The minimum atomic E-state index is -0.0890. The molecule has 97 heavy (non-hydrogen) atoms. The van der Waals surface area contributed by atoms with Crippen molar-refractivity contribution in [1.82, 2.24) is 4.57 Å². The number of rotatable bonds is 13. The summed E-state index contributed by atoms with van der Waals surface area (Å²) in [5.41, 5.74) is 33.7. The molecule has 0 fully saturated rings. The Kier molecular flexibility index (Phi) is 15.6. The second-order valence-electron chi connectivity index (χ2n) is 27.0. The Morgan fingerprint density at radius 2 is 0.567 bits per heavy atom. The predicted molar refractivity (Wildman–Crippen MR) is 412 cm³/mol. The third kappa shape index (κ3) is 11.0. The van der Waals surface area contributed by atoms with Gasteiger partial charge in [0.25, 0.3) is 0 Å². The van der Waals surface area contributed by atoms with E-state index in [1.165, 1.54) is 133 Å². The maximum Gasteiger partial charge on any atom is 0.0541 e. The molecule has 0 unspecified atom stereocenters. The van der Waals surface area contributed by atoms with Gasteiger partial charge < -0.3 is 14.4 Å². The van der Waals surface area contributed by atoms with Crippen molar-refractivity contribution in [2.45, 2.75) is 65.2 Å². The molecule has 468 valence electrons. The average molecular weight is 1250 g/mol. The fraction of sp³-hybridized carbons (Fsp3) is 0.106. The number of fused-ring (bicyclic) bond motifs is 9. The molecule has 0 bridgehead atoms. The minimum absolute atomic E-state index is 0.0563. The Bertz CT molecular complexity index is 5350. The molecule has 17 rings (SSSR count). The fourth-order valence-electron chi connectivity index (χ4n) is 15.3. The van der Waals surface area contributed by atoms with Crippen LogP contribution < -0.4 is 9.80 Å². The van der Waals surface area contributed by atoms with E-state index >= 15 is 0 Å². The molecule has 3 heteroatoms. The average Bonchev–Trinajstić information content (AvgIpc) is 1.61. The Hall–Kier alpha value is -11.5. The molecule has 0 N–H and O–H groups in total. The van der Waals surface area contributed by atoms with Crippen LogP contribution in [0.4, 0.5) is 34.1 Å². The van der Waals surface area contributed by atoms with Crippen molar-refractivity contribution in [3.8, 4) is 72.4 Å². The summed E-state index contributed by atoms with van der Waals surface area (Å²) < 4.78 is 2.37. The zero-order valence-electron chi connectivity index (χ0n) is 56.0. The molecule has 0 saturated carbocycles. The summed E-state index contributed by atoms with van der Waals surface area (Å²) in [6.45, 7) is 13.8. The van der Waals surface area contributed by atoms with Gasteiger partial charge >= 0.3 is 0 Å². The van der Waals surface area contributed by atoms with Crippen molar-refractivity contribution in [2.75, 3.05) is 9.80 Å². The van der Waals surface area contributed by atoms with Crippen LogP contribution in [-0.4, -0.2) is 4.57 Å². The molecule has 0 aliphatic heterocycles. The molecule has 2 aliphatic carbocycles. The van der Waals surface area contributed by atoms with E-state index < -0.39 is 0 Å². The number of aryl methyl sites for hydroxylation is 2. The summed E-state index contributed by atoms with van der Waals surface area (Å²) >= 11 is 0. The Labute approximate surface area is 571 Å². The van der Waals surface area contributed by atoms with Crippen molar-refractivity contribution in [1.29, 1.82) is 0 Å². The van der Waals surface area contributed by atoms with Gasteiger partial charge in [0.05, 0.1) is 11.0 Å². The monoisotopic (exact) mass is 1250 g/mol. The van der Waals surface area contributed by atoms with Crippen molar-refractivity contribution < 1.29 is 0 Å². The highest BCUT2D eigenvalue weighted by atomic mass is 15.1. The summed E-state index contributed by atoms with van der Waals surface area (Å²) in [6.07, 6.45) is 2.10. The van der Waals surface area contributed by atoms with Gasteiger partial charge in [0.15, 0.2) is 0 Å². The maximum absolute atomic E-state index is 2.41. The van der Waals surface area contributed by atoms with Crippen molar-refractivity contribution >= 4 is 55.9 Å². The number of para-hydroxylation sites is 2. The van der Waals surface area contributed by atoms with Gasteiger partial charge in [0.2, 0.25) is 0 Å². The zero-order chi connectivity index (χ0) is 65.8. The number of hydrogen-bond donors (Lipinski definition) is 0. The van der Waals surface area contributed by atoms with Gasteiger partial charge in [0.1, 0.15) is 0 Å². The van der Waals surface area contributed by atoms with E-state index in [4.69, 9.17) is 0 Å². The number of hydrogen-bond acceptors (Lipinski definition) is 2. The smallest absolute Gasteiger partial charge is 0.0541 e. The molecule has 15 aromatic rings. The standard InChI is InChI=1S/C53H42N2.C41H35N/c1-4-36-18-20-37(21-19-36)38-22-27-42(28-23-38)54(44-31-32-46-45-14-8-10-16-49(45)53(2,3)50(46)35-44)43-29-24-39(25-30-43)40-26-33-52-48(34-40)47-15-9-11-17-51(47)55(52)41-12-6-5-7-13-41;1-4-29-14-16-31(17-15-29)33-20-24-35(25-21-33)42(34-22-18-32(19-23-34)30-10-6-5-7-11-30)36-26-27-38-37-12-8-9-13-39(37)41(2,3)40(38)28-36/h5-35H,4H2,1-3H3;5-28H,4H2,1-3H3. The Balaban J connectivity index is 0.000000158. The molecule has 14 aromatic carbocycles. The molecule has 0 radical (unpaired) electrons. The summed E-state index contributed by atoms with van der Waals surface area (Å²) in [4.78, 5) is 4.79. The molecule has 3 nitrogen and oxygen atoms in total. The molecule has 0 atom stereocenters. The van der Waals surface area contributed by atoms with Gasteiger partial charge in [-0.25, -0.2) is 0 Å². The molecule has 1 heterocycles. The summed E-state index contributed by atoms with van der Waals surface area (Å²) in [5, 5.41) is 2.52. The van der Waals surface area contributed by atoms with Gasteiger partial charge in [-0.2, -0.15) is 0 Å². The van der Waals surface area contributed by atoms with Crippen LogP contribution in [0.3, 0.4) is 0 Å². The number of benzene rings is 14. The predicted octanol–water partition coefficient (Wildman–Crippen LogP) is 25.8. The van der Waals surface area contributed by atoms with Crippen LogP contribution in [0.5, 0.6) is 0 Å². The second kappa shape index (κ2) is 25.0. The van der Waals surface area contributed by atoms with Gasteiger partial charge in [-0.15, -0.1) is 0 Å². The third-order valence-corrected chi connectivity index (χ3v) is 20.7. The summed E-state index contributed by atoms with van der Waals surface area (Å²) in [7, 11) is 0. The molecule has 0 spiro atoms. The highest BCUT2D eigenvalue weighted by molar-refractivity contribution is 6.10. The SMILES string of the molecule is CCc1ccc(-c2ccc(N(c3ccc(-c4ccc5c(c4)c4ccccc4n5-c4ccccc4)cc3)c3ccc4c(c3)C(C)(C)c3ccccc3-4)cc2)cc1.CCc1ccc(-c2ccc(N(c3ccc(-c4ccccc4)cc3)c3ccc4c(c3)C(C)(C)c3ccccc3-4)cc2)cc1. The van der Waals surface area contributed by atoms with E-state index in [0.29, 0.717) is 0 Å². The molecule has 2 aliphatic rings. The summed E-state index contributed by atoms with van der Waals surface area (Å²) in [5.74, 6) is 0. The highest BCUT2D eigenvalue weighted by Crippen LogP contribution is 2.53. The lowest BCUT2D eigenvalue weighted by atomic mass is 9.82. The number of aromatic nitrogens is 1. The number of anilines is 6. The lowest BCUT2D eigenvalue weighted by Gasteiger charge is -2.28. The van der Waals surface area contributed by atoms with Crippen molar-refractivity contribution in [3.63, 3.8) is 0 Å². The van der Waals surface area contributed by atoms with Crippen LogP contribution in [0.1, 0.15) is 74.9 Å². The second-order valence-corrected chi connectivity index (χ2v) is 27.0. The molecule has 0 saturated heterocycles. The van der Waals surface area contributed by atoms with Gasteiger partial charge in [-0.05, 0) is 216 Å². The largest absolute Gasteiger partial charge is 0.310 e. The maximum atomic E-state index is 2.41. The van der Waals surface area contributed by atoms with E-state index in [2.05, 4.69) is 390 Å². The Morgan fingerprint density at radius 1 is 0.247 bits per heavy atom. The van der Waals surface area contributed by atoms with E-state index in [1.54, 1.807) is 0 Å². The fourth-order valence-corrected chi connectivity index (χ4v) is 15.3. The normalized spacial score (nSPS) is 12.9. The first-order valence-electron chi connectivity index (χ1n) is 34.3. The quantitative estimate of drug-likeness (QED) is 0.114. The van der Waals surface area contributed by atoms with Crippen LogP contribution in [0.25, 0.3) is 94.3 Å². The van der Waals surface area contributed by atoms with E-state index in [-0.39, 0.29) is 10.8 Å². The van der Waals surface area contributed by atoms with Crippen LogP contribution in [0.2, 0.25) is 0 Å². The third-order valence-electron chi connectivity index (χ3n) is 20.7. The zero-order valence-corrected chi connectivity index (χ0v) is 56.0. The van der Waals surface area contributed by atoms with Crippen LogP contribution in [0, 0.1) is 0 Å². The van der Waals surface area contributed by atoms with E-state index in [0.717, 1.165) is 41.3 Å². The van der Waals surface area contributed by atoms with Crippen molar-refractivity contribution in [3.05, 3.63) is 367 Å². The molecular weight excluding hydrogens is 1170 g/mol.